The summed E-state index contributed by atoms with van der Waals surface area (Å²) in [5.74, 6) is 0.838. The van der Waals surface area contributed by atoms with Crippen molar-refractivity contribution in [2.75, 3.05) is 6.54 Å². The SMILES string of the molecule is Cc1c(C)c(S(=O)(=O)NCCc2ccccc2Cl)c(C)c2c1OC(C)(C)C2. The Hall–Kier alpha value is -1.56. The van der Waals surface area contributed by atoms with E-state index in [9.17, 15) is 8.42 Å². The molecule has 0 unspecified atom stereocenters. The van der Waals surface area contributed by atoms with Crippen molar-refractivity contribution in [2.24, 2.45) is 0 Å². The quantitative estimate of drug-likeness (QED) is 0.793. The number of hydrogen-bond acceptors (Lipinski definition) is 3. The third-order valence-electron chi connectivity index (χ3n) is 5.20. The third-order valence-corrected chi connectivity index (χ3v) is 7.31. The maximum absolute atomic E-state index is 13.1. The summed E-state index contributed by atoms with van der Waals surface area (Å²) in [6.45, 7) is 9.99. The molecule has 0 bridgehead atoms. The molecule has 0 radical (unpaired) electrons. The molecule has 0 saturated heterocycles. The number of hydrogen-bond donors (Lipinski definition) is 1. The average molecular weight is 408 g/mol. The van der Waals surface area contributed by atoms with E-state index in [-0.39, 0.29) is 5.60 Å². The van der Waals surface area contributed by atoms with Crippen LogP contribution in [0.25, 0.3) is 0 Å². The van der Waals surface area contributed by atoms with Crippen LogP contribution in [0.15, 0.2) is 29.2 Å². The van der Waals surface area contributed by atoms with Gasteiger partial charge in [-0.05, 0) is 69.4 Å². The first-order valence-corrected chi connectivity index (χ1v) is 10.9. The zero-order chi connectivity index (χ0) is 20.0. The summed E-state index contributed by atoms with van der Waals surface area (Å²) in [5.41, 5.74) is 4.03. The lowest BCUT2D eigenvalue weighted by molar-refractivity contribution is 0.137. The molecule has 0 aromatic heterocycles. The van der Waals surface area contributed by atoms with E-state index in [2.05, 4.69) is 4.72 Å². The zero-order valence-corrected chi connectivity index (χ0v) is 18.0. The van der Waals surface area contributed by atoms with E-state index in [1.165, 1.54) is 0 Å². The fraction of sp³-hybridized carbons (Fsp3) is 0.429. The highest BCUT2D eigenvalue weighted by Gasteiger charge is 2.36. The Morgan fingerprint density at radius 2 is 1.78 bits per heavy atom. The van der Waals surface area contributed by atoms with Gasteiger partial charge in [-0.2, -0.15) is 0 Å². The summed E-state index contributed by atoms with van der Waals surface area (Å²) in [5, 5.41) is 0.650. The van der Waals surface area contributed by atoms with Crippen molar-refractivity contribution < 1.29 is 13.2 Å². The largest absolute Gasteiger partial charge is 0.487 e. The normalized spacial score (nSPS) is 15.5. The van der Waals surface area contributed by atoms with Crippen molar-refractivity contribution in [2.45, 2.75) is 58.0 Å². The molecule has 1 aliphatic rings. The highest BCUT2D eigenvalue weighted by atomic mass is 35.5. The molecule has 1 N–H and O–H groups in total. The Balaban J connectivity index is 1.89. The van der Waals surface area contributed by atoms with Crippen LogP contribution >= 0.6 is 11.6 Å². The van der Waals surface area contributed by atoms with E-state index in [1.54, 1.807) is 0 Å². The smallest absolute Gasteiger partial charge is 0.241 e. The van der Waals surface area contributed by atoms with Crippen LogP contribution in [-0.2, 0) is 22.9 Å². The van der Waals surface area contributed by atoms with Crippen molar-refractivity contribution in [1.29, 1.82) is 0 Å². The van der Waals surface area contributed by atoms with Gasteiger partial charge in [-0.3, -0.25) is 0 Å². The van der Waals surface area contributed by atoms with Crippen LogP contribution < -0.4 is 9.46 Å². The summed E-state index contributed by atoms with van der Waals surface area (Å²) < 4.78 is 35.0. The minimum absolute atomic E-state index is 0.295. The third kappa shape index (κ3) is 3.86. The van der Waals surface area contributed by atoms with Gasteiger partial charge in [-0.1, -0.05) is 29.8 Å². The molecule has 27 heavy (non-hydrogen) atoms. The van der Waals surface area contributed by atoms with Crippen LogP contribution in [0.1, 0.15) is 41.7 Å². The van der Waals surface area contributed by atoms with Crippen molar-refractivity contribution in [1.82, 2.24) is 4.72 Å². The lowest BCUT2D eigenvalue weighted by Crippen LogP contribution is -2.28. The van der Waals surface area contributed by atoms with Crippen LogP contribution in [0.3, 0.4) is 0 Å². The second kappa shape index (κ2) is 7.12. The molecule has 0 spiro atoms. The number of fused-ring (bicyclic) bond motifs is 1. The molecule has 3 rings (SSSR count). The molecule has 1 aliphatic heterocycles. The van der Waals surface area contributed by atoms with E-state index in [0.29, 0.717) is 29.3 Å². The maximum atomic E-state index is 13.1. The highest BCUT2D eigenvalue weighted by molar-refractivity contribution is 7.89. The lowest BCUT2D eigenvalue weighted by Gasteiger charge is -2.19. The second-order valence-corrected chi connectivity index (χ2v) is 9.90. The fourth-order valence-corrected chi connectivity index (χ4v) is 5.57. The van der Waals surface area contributed by atoms with Crippen LogP contribution in [0, 0.1) is 20.8 Å². The first-order valence-electron chi connectivity index (χ1n) is 9.08. The monoisotopic (exact) mass is 407 g/mol. The molecule has 0 aliphatic carbocycles. The number of ether oxygens (including phenoxy) is 1. The Kier molecular flexibility index (Phi) is 5.32. The molecule has 0 atom stereocenters. The van der Waals surface area contributed by atoms with Gasteiger partial charge in [0.1, 0.15) is 11.4 Å². The number of halogens is 1. The van der Waals surface area contributed by atoms with E-state index in [4.69, 9.17) is 16.3 Å². The molecule has 6 heteroatoms. The van der Waals surface area contributed by atoms with Gasteiger partial charge in [0, 0.05) is 23.6 Å². The second-order valence-electron chi connectivity index (χ2n) is 7.79. The summed E-state index contributed by atoms with van der Waals surface area (Å²) in [4.78, 5) is 0.374. The zero-order valence-electron chi connectivity index (χ0n) is 16.4. The molecule has 146 valence electrons. The minimum atomic E-state index is -3.63. The van der Waals surface area contributed by atoms with Gasteiger partial charge in [-0.25, -0.2) is 13.1 Å². The van der Waals surface area contributed by atoms with Gasteiger partial charge in [0.2, 0.25) is 10.0 Å². The lowest BCUT2D eigenvalue weighted by atomic mass is 9.94. The summed E-state index contributed by atoms with van der Waals surface area (Å²) >= 11 is 6.16. The van der Waals surface area contributed by atoms with E-state index in [0.717, 1.165) is 33.6 Å². The summed E-state index contributed by atoms with van der Waals surface area (Å²) in [6.07, 6.45) is 1.24. The number of benzene rings is 2. The molecule has 1 heterocycles. The Labute approximate surface area is 166 Å². The predicted octanol–water partition coefficient (Wildman–Crippen LogP) is 4.50. The molecule has 2 aromatic carbocycles. The Morgan fingerprint density at radius 3 is 2.44 bits per heavy atom. The minimum Gasteiger partial charge on any atom is -0.487 e. The maximum Gasteiger partial charge on any atom is 0.241 e. The number of nitrogens with one attached hydrogen (secondary N) is 1. The number of rotatable bonds is 5. The predicted molar refractivity (Wildman–Crippen MR) is 109 cm³/mol. The van der Waals surface area contributed by atoms with Gasteiger partial charge in [0.05, 0.1) is 4.90 Å². The topological polar surface area (TPSA) is 55.4 Å². The average Bonchev–Trinajstić information content (AvgIpc) is 2.90. The van der Waals surface area contributed by atoms with Crippen molar-refractivity contribution >= 4 is 21.6 Å². The van der Waals surface area contributed by atoms with Crippen molar-refractivity contribution in [3.05, 3.63) is 57.1 Å². The van der Waals surface area contributed by atoms with E-state index >= 15 is 0 Å². The van der Waals surface area contributed by atoms with E-state index < -0.39 is 10.0 Å². The first-order chi connectivity index (χ1) is 12.5. The highest BCUT2D eigenvalue weighted by Crippen LogP contribution is 2.43. The molecular weight excluding hydrogens is 382 g/mol. The molecule has 0 saturated carbocycles. The van der Waals surface area contributed by atoms with Crippen LogP contribution in [0.4, 0.5) is 0 Å². The Morgan fingerprint density at radius 1 is 1.11 bits per heavy atom. The first kappa shape index (κ1) is 20.2. The van der Waals surface area contributed by atoms with Gasteiger partial charge in [-0.15, -0.1) is 0 Å². The summed E-state index contributed by atoms with van der Waals surface area (Å²) in [6, 6.07) is 7.48. The number of sulfonamides is 1. The van der Waals surface area contributed by atoms with Gasteiger partial charge >= 0.3 is 0 Å². The van der Waals surface area contributed by atoms with Crippen molar-refractivity contribution in [3.8, 4) is 5.75 Å². The van der Waals surface area contributed by atoms with Crippen LogP contribution in [-0.4, -0.2) is 20.6 Å². The van der Waals surface area contributed by atoms with E-state index in [1.807, 2.05) is 58.9 Å². The molecule has 2 aromatic rings. The molecule has 0 amide bonds. The van der Waals surface area contributed by atoms with Crippen molar-refractivity contribution in [3.63, 3.8) is 0 Å². The fourth-order valence-electron chi connectivity index (χ4n) is 3.74. The van der Waals surface area contributed by atoms with Crippen LogP contribution in [0.5, 0.6) is 5.75 Å². The van der Waals surface area contributed by atoms with Gasteiger partial charge in [0.15, 0.2) is 0 Å². The molecule has 4 nitrogen and oxygen atoms in total. The summed E-state index contributed by atoms with van der Waals surface area (Å²) in [7, 11) is -3.63. The molecule has 0 fully saturated rings. The Bertz CT molecular complexity index is 997. The van der Waals surface area contributed by atoms with Gasteiger partial charge < -0.3 is 4.74 Å². The van der Waals surface area contributed by atoms with Gasteiger partial charge in [0.25, 0.3) is 0 Å². The standard InChI is InChI=1S/C21H26ClNO3S/c1-13-14(2)20(15(3)17-12-21(4,5)26-19(13)17)27(24,25)23-11-10-16-8-6-7-9-18(16)22/h6-9,23H,10-12H2,1-5H3. The molecular formula is C21H26ClNO3S. The van der Waals surface area contributed by atoms with Crippen LogP contribution in [0.2, 0.25) is 5.02 Å².